The van der Waals surface area contributed by atoms with Crippen molar-refractivity contribution in [3.8, 4) is 5.69 Å². The van der Waals surface area contributed by atoms with Crippen molar-refractivity contribution in [1.82, 2.24) is 19.3 Å². The number of nitrogens with zero attached hydrogens (tertiary/aromatic N) is 4. The predicted octanol–water partition coefficient (Wildman–Crippen LogP) is 4.23. The second kappa shape index (κ2) is 10.4. The molecule has 0 radical (unpaired) electrons. The molecule has 2 aromatic carbocycles. The highest BCUT2D eigenvalue weighted by molar-refractivity contribution is 7.99. The lowest BCUT2D eigenvalue weighted by molar-refractivity contribution is -0.113. The first kappa shape index (κ1) is 24.0. The smallest absolute Gasteiger partial charge is 0.262 e. The maximum Gasteiger partial charge on any atom is 0.262 e. The summed E-state index contributed by atoms with van der Waals surface area (Å²) in [6.07, 6.45) is 0. The van der Waals surface area contributed by atoms with E-state index < -0.39 is 0 Å². The Morgan fingerprint density at radius 3 is 2.68 bits per heavy atom. The minimum atomic E-state index is -0.220. The summed E-state index contributed by atoms with van der Waals surface area (Å²) in [4.78, 5) is 30.5. The zero-order valence-electron chi connectivity index (χ0n) is 19.0. The van der Waals surface area contributed by atoms with Crippen molar-refractivity contribution >= 4 is 45.9 Å². The number of halogens is 1. The number of methoxy groups -OCH3 is 1. The molecule has 34 heavy (non-hydrogen) atoms. The average Bonchev–Trinajstić information content (AvgIpc) is 3.11. The average molecular weight is 498 g/mol. The van der Waals surface area contributed by atoms with E-state index in [4.69, 9.17) is 16.3 Å². The molecule has 0 saturated carbocycles. The molecule has 1 N–H and O–H groups in total. The summed E-state index contributed by atoms with van der Waals surface area (Å²) in [5.41, 5.74) is 3.43. The molecule has 0 fully saturated rings. The molecule has 2 aromatic heterocycles. The Balaban J connectivity index is 1.56. The van der Waals surface area contributed by atoms with E-state index in [2.05, 4.69) is 15.4 Å². The highest BCUT2D eigenvalue weighted by atomic mass is 35.5. The first-order valence-electron chi connectivity index (χ1n) is 10.6. The van der Waals surface area contributed by atoms with E-state index in [-0.39, 0.29) is 17.2 Å². The van der Waals surface area contributed by atoms with E-state index in [0.29, 0.717) is 39.9 Å². The van der Waals surface area contributed by atoms with E-state index in [9.17, 15) is 9.59 Å². The molecule has 0 bridgehead atoms. The van der Waals surface area contributed by atoms with Crippen molar-refractivity contribution in [2.45, 2.75) is 25.5 Å². The Hall–Kier alpha value is -3.14. The van der Waals surface area contributed by atoms with E-state index in [0.717, 1.165) is 17.1 Å². The molecule has 0 saturated heterocycles. The molecular formula is C24H24ClN5O3S. The molecular weight excluding hydrogens is 474 g/mol. The third kappa shape index (κ3) is 5.01. The van der Waals surface area contributed by atoms with Crippen LogP contribution in [0.5, 0.6) is 0 Å². The zero-order valence-corrected chi connectivity index (χ0v) is 20.6. The van der Waals surface area contributed by atoms with Gasteiger partial charge in [-0.05, 0) is 44.2 Å². The predicted molar refractivity (Wildman–Crippen MR) is 135 cm³/mol. The van der Waals surface area contributed by atoms with Gasteiger partial charge in [0.1, 0.15) is 0 Å². The number of ether oxygens (including phenoxy) is 1. The lowest BCUT2D eigenvalue weighted by Crippen LogP contribution is -2.26. The second-order valence-corrected chi connectivity index (χ2v) is 9.01. The monoisotopic (exact) mass is 497 g/mol. The van der Waals surface area contributed by atoms with Crippen LogP contribution in [0.1, 0.15) is 11.4 Å². The molecule has 0 unspecified atom stereocenters. The van der Waals surface area contributed by atoms with Crippen molar-refractivity contribution in [2.24, 2.45) is 0 Å². The Bertz CT molecular complexity index is 1400. The van der Waals surface area contributed by atoms with Crippen molar-refractivity contribution in [2.75, 3.05) is 24.8 Å². The van der Waals surface area contributed by atoms with Crippen LogP contribution >= 0.6 is 23.4 Å². The minimum Gasteiger partial charge on any atom is -0.383 e. The zero-order chi connectivity index (χ0) is 24.2. The van der Waals surface area contributed by atoms with Gasteiger partial charge in [-0.15, -0.1) is 0 Å². The van der Waals surface area contributed by atoms with Crippen LogP contribution in [0.4, 0.5) is 5.69 Å². The molecule has 10 heteroatoms. The van der Waals surface area contributed by atoms with Gasteiger partial charge in [-0.3, -0.25) is 14.2 Å². The summed E-state index contributed by atoms with van der Waals surface area (Å²) in [5.74, 6) is -0.150. The molecule has 8 nitrogen and oxygen atoms in total. The SMILES string of the molecule is COCCn1c(SCC(=O)Nc2c(C)nn(-c3ccccc3)c2C)nc2cc(Cl)ccc2c1=O. The highest BCUT2D eigenvalue weighted by Crippen LogP contribution is 2.24. The number of benzene rings is 2. The van der Waals surface area contributed by atoms with Gasteiger partial charge >= 0.3 is 0 Å². The van der Waals surface area contributed by atoms with E-state index in [1.807, 2.05) is 44.2 Å². The Morgan fingerprint density at radius 2 is 1.94 bits per heavy atom. The number of hydrogen-bond acceptors (Lipinski definition) is 6. The number of aryl methyl sites for hydroxylation is 1. The molecule has 4 aromatic rings. The largest absolute Gasteiger partial charge is 0.383 e. The van der Waals surface area contributed by atoms with E-state index in [1.165, 1.54) is 16.3 Å². The number of para-hydroxylation sites is 1. The topological polar surface area (TPSA) is 91.0 Å². The fourth-order valence-corrected chi connectivity index (χ4v) is 4.61. The first-order valence-corrected chi connectivity index (χ1v) is 12.0. The van der Waals surface area contributed by atoms with Crippen LogP contribution in [0.15, 0.2) is 58.5 Å². The lowest BCUT2D eigenvalue weighted by Gasteiger charge is -2.13. The third-order valence-corrected chi connectivity index (χ3v) is 6.50. The summed E-state index contributed by atoms with van der Waals surface area (Å²) in [6.45, 7) is 4.43. The standard InChI is InChI=1S/C24H24ClN5O3S/c1-15-22(16(2)30(28-15)18-7-5-4-6-8-18)27-21(31)14-34-24-26-20-13-17(25)9-10-19(20)23(32)29(24)11-12-33-3/h4-10,13H,11-12,14H2,1-3H3,(H,27,31). The molecule has 4 rings (SSSR count). The lowest BCUT2D eigenvalue weighted by atomic mass is 10.2. The molecule has 0 atom stereocenters. The maximum absolute atomic E-state index is 13.0. The van der Waals surface area contributed by atoms with Crippen molar-refractivity contribution in [3.05, 3.63) is 75.3 Å². The summed E-state index contributed by atoms with van der Waals surface area (Å²) >= 11 is 7.28. The van der Waals surface area contributed by atoms with Crippen LogP contribution in [0, 0.1) is 13.8 Å². The second-order valence-electron chi connectivity index (χ2n) is 7.64. The van der Waals surface area contributed by atoms with Crippen molar-refractivity contribution in [3.63, 3.8) is 0 Å². The van der Waals surface area contributed by atoms with Gasteiger partial charge in [-0.1, -0.05) is 41.6 Å². The molecule has 0 aliphatic carbocycles. The normalized spacial score (nSPS) is 11.2. The maximum atomic E-state index is 13.0. The van der Waals surface area contributed by atoms with Gasteiger partial charge in [-0.25, -0.2) is 9.67 Å². The quantitative estimate of drug-likeness (QED) is 0.289. The molecule has 0 spiro atoms. The molecule has 1 amide bonds. The van der Waals surface area contributed by atoms with Crippen LogP contribution in [0.25, 0.3) is 16.6 Å². The minimum absolute atomic E-state index is 0.0703. The van der Waals surface area contributed by atoms with Gasteiger partial charge in [0.2, 0.25) is 5.91 Å². The molecule has 0 aliphatic rings. The number of carbonyl (C=O) groups excluding carboxylic acids is 1. The first-order chi connectivity index (χ1) is 16.4. The van der Waals surface area contributed by atoms with Crippen LogP contribution in [0.2, 0.25) is 5.02 Å². The summed E-state index contributed by atoms with van der Waals surface area (Å²) in [7, 11) is 1.57. The Kier molecular flexibility index (Phi) is 7.35. The third-order valence-electron chi connectivity index (χ3n) is 5.29. The Morgan fingerprint density at radius 1 is 1.18 bits per heavy atom. The molecule has 0 aliphatic heterocycles. The number of anilines is 1. The van der Waals surface area contributed by atoms with E-state index in [1.54, 1.807) is 30.0 Å². The number of nitrogens with one attached hydrogen (secondary N) is 1. The molecule has 2 heterocycles. The van der Waals surface area contributed by atoms with Crippen molar-refractivity contribution < 1.29 is 9.53 Å². The molecule has 176 valence electrons. The van der Waals surface area contributed by atoms with Crippen LogP contribution < -0.4 is 10.9 Å². The number of aromatic nitrogens is 4. The van der Waals surface area contributed by atoms with Crippen LogP contribution in [-0.4, -0.2) is 44.7 Å². The van der Waals surface area contributed by atoms with Gasteiger partial charge in [0.25, 0.3) is 5.56 Å². The summed E-state index contributed by atoms with van der Waals surface area (Å²) in [6, 6.07) is 14.7. The van der Waals surface area contributed by atoms with Gasteiger partial charge in [0.15, 0.2) is 5.16 Å². The highest BCUT2D eigenvalue weighted by Gasteiger charge is 2.17. The summed E-state index contributed by atoms with van der Waals surface area (Å²) in [5, 5.41) is 8.91. The van der Waals surface area contributed by atoms with Crippen molar-refractivity contribution in [1.29, 1.82) is 0 Å². The fraction of sp³-hybridized carbons (Fsp3) is 0.250. The number of hydrogen-bond donors (Lipinski definition) is 1. The summed E-state index contributed by atoms with van der Waals surface area (Å²) < 4.78 is 8.48. The van der Waals surface area contributed by atoms with Gasteiger partial charge in [0.05, 0.1) is 52.6 Å². The number of fused-ring (bicyclic) bond motifs is 1. The fourth-order valence-electron chi connectivity index (χ4n) is 3.61. The van der Waals surface area contributed by atoms with Gasteiger partial charge in [-0.2, -0.15) is 5.10 Å². The number of thioether (sulfide) groups is 1. The van der Waals surface area contributed by atoms with Crippen LogP contribution in [-0.2, 0) is 16.1 Å². The number of amides is 1. The van der Waals surface area contributed by atoms with Gasteiger partial charge in [0, 0.05) is 12.1 Å². The number of rotatable bonds is 8. The van der Waals surface area contributed by atoms with Gasteiger partial charge < -0.3 is 10.1 Å². The number of carbonyl (C=O) groups is 1. The Labute approximate surface area is 205 Å². The van der Waals surface area contributed by atoms with Crippen LogP contribution in [0.3, 0.4) is 0 Å². The van der Waals surface area contributed by atoms with E-state index >= 15 is 0 Å².